The van der Waals surface area contributed by atoms with E-state index in [1.807, 2.05) is 19.9 Å². The molecule has 0 bridgehead atoms. The average Bonchev–Trinajstić information content (AvgIpc) is 3.30. The number of benzene rings is 3. The summed E-state index contributed by atoms with van der Waals surface area (Å²) in [6.45, 7) is 7.17. The molecule has 0 aliphatic carbocycles. The summed E-state index contributed by atoms with van der Waals surface area (Å²) in [5.74, 6) is -0.800. The Labute approximate surface area is 259 Å². The number of sulfonamides is 1. The van der Waals surface area contributed by atoms with Gasteiger partial charge < -0.3 is 15.2 Å². The molecule has 1 heterocycles. The van der Waals surface area contributed by atoms with Crippen molar-refractivity contribution in [2.75, 3.05) is 11.4 Å². The van der Waals surface area contributed by atoms with Crippen LogP contribution in [-0.4, -0.2) is 33.8 Å². The molecule has 0 saturated carbocycles. The van der Waals surface area contributed by atoms with Crippen LogP contribution in [0.4, 0.5) is 18.9 Å². The minimum atomic E-state index is -4.89. The molecule has 4 aromatic rings. The Morgan fingerprint density at radius 3 is 2.24 bits per heavy atom. The quantitative estimate of drug-likeness (QED) is 0.181. The lowest BCUT2D eigenvalue weighted by Crippen LogP contribution is -2.27. The van der Waals surface area contributed by atoms with Crippen LogP contribution in [0.3, 0.4) is 0 Å². The van der Waals surface area contributed by atoms with E-state index in [9.17, 15) is 26.4 Å². The van der Waals surface area contributed by atoms with Crippen molar-refractivity contribution in [3.05, 3.63) is 80.2 Å². The number of halogens is 4. The highest BCUT2D eigenvalue weighted by Gasteiger charge is 2.33. The van der Waals surface area contributed by atoms with Gasteiger partial charge in [0, 0.05) is 26.8 Å². The lowest BCUT2D eigenvalue weighted by atomic mass is 9.78. The third kappa shape index (κ3) is 6.94. The Kier molecular flexibility index (Phi) is 8.78. The number of ether oxygens (including phenoxy) is 2. The molecule has 1 amide bonds. The summed E-state index contributed by atoms with van der Waals surface area (Å²) in [4.78, 5) is 11.9. The molecule has 7 nitrogen and oxygen atoms in total. The molecule has 0 aliphatic heterocycles. The van der Waals surface area contributed by atoms with Gasteiger partial charge in [0.2, 0.25) is 0 Å². The van der Waals surface area contributed by atoms with Crippen molar-refractivity contribution < 1.29 is 35.9 Å². The minimum Gasteiger partial charge on any atom is -0.491 e. The van der Waals surface area contributed by atoms with Gasteiger partial charge in [-0.15, -0.1) is 24.5 Å². The molecule has 224 valence electrons. The van der Waals surface area contributed by atoms with Crippen LogP contribution in [0.15, 0.2) is 65.6 Å². The fraction of sp³-hybridized carbons (Fsp3) is 0.276. The van der Waals surface area contributed by atoms with Crippen molar-refractivity contribution in [3.63, 3.8) is 0 Å². The molecule has 4 rings (SSSR count). The number of amides is 1. The maximum atomic E-state index is 13.7. The fourth-order valence-electron chi connectivity index (χ4n) is 4.35. The molecule has 2 N–H and O–H groups in total. The molecule has 0 saturated heterocycles. The minimum absolute atomic E-state index is 0.0264. The second kappa shape index (κ2) is 11.6. The molecule has 0 fully saturated rings. The highest BCUT2D eigenvalue weighted by Crippen LogP contribution is 2.40. The van der Waals surface area contributed by atoms with Crippen LogP contribution in [-0.2, 0) is 15.4 Å². The molecule has 13 heteroatoms. The molecular weight excluding hydrogens is 704 g/mol. The average molecular weight is 733 g/mol. The van der Waals surface area contributed by atoms with Gasteiger partial charge in [-0.05, 0) is 108 Å². The van der Waals surface area contributed by atoms with Crippen LogP contribution in [0, 0.1) is 3.57 Å². The van der Waals surface area contributed by atoms with E-state index in [2.05, 4.69) is 27.3 Å². The van der Waals surface area contributed by atoms with Crippen molar-refractivity contribution in [2.24, 2.45) is 5.73 Å². The number of alkyl halides is 3. The van der Waals surface area contributed by atoms with Crippen molar-refractivity contribution >= 4 is 65.6 Å². The van der Waals surface area contributed by atoms with E-state index < -0.39 is 33.5 Å². The Balaban J connectivity index is 1.75. The number of carbonyl (C=O) groups is 1. The van der Waals surface area contributed by atoms with Gasteiger partial charge in [0.05, 0.1) is 21.6 Å². The molecule has 3 aromatic carbocycles. The SMILES string of the molecule is CC(C)Oc1cc(OC(F)(F)F)cc(C(C)(C)c2cc(I)cc(N(C)S(=O)(=O)c3ccc4sc(C(N)=O)cc4c3)c2)c1. The lowest BCUT2D eigenvalue weighted by Gasteiger charge is -2.29. The van der Waals surface area contributed by atoms with E-state index in [1.54, 1.807) is 44.2 Å². The zero-order valence-corrected chi connectivity index (χ0v) is 27.0. The molecule has 1 aromatic heterocycles. The van der Waals surface area contributed by atoms with Gasteiger partial charge in [-0.1, -0.05) is 13.8 Å². The summed E-state index contributed by atoms with van der Waals surface area (Å²) in [7, 11) is -2.60. The van der Waals surface area contributed by atoms with Crippen molar-refractivity contribution in [1.29, 1.82) is 0 Å². The van der Waals surface area contributed by atoms with E-state index in [-0.39, 0.29) is 16.7 Å². The standard InChI is InChI=1S/C29H28F3IN2O5S2/c1-16(2)39-22-12-19(13-23(15-22)40-29(30,31)32)28(3,4)18-10-20(33)14-21(11-18)35(5)42(37,38)24-6-7-25-17(8-24)9-26(41-25)27(34)36/h6-16H,1-5H3,(H2,34,36). The summed E-state index contributed by atoms with van der Waals surface area (Å²) >= 11 is 3.25. The van der Waals surface area contributed by atoms with E-state index in [0.29, 0.717) is 27.1 Å². The number of thiophene rings is 1. The smallest absolute Gasteiger partial charge is 0.491 e. The Hall–Kier alpha value is -3.04. The molecule has 42 heavy (non-hydrogen) atoms. The summed E-state index contributed by atoms with van der Waals surface area (Å²) in [6, 6.07) is 15.5. The predicted molar refractivity (Wildman–Crippen MR) is 166 cm³/mol. The summed E-state index contributed by atoms with van der Waals surface area (Å²) in [6.07, 6.45) is -5.18. The third-order valence-electron chi connectivity index (χ3n) is 6.56. The van der Waals surface area contributed by atoms with Crippen molar-refractivity contribution in [3.8, 4) is 11.5 Å². The number of hydrogen-bond donors (Lipinski definition) is 1. The number of fused-ring (bicyclic) bond motifs is 1. The highest BCUT2D eigenvalue weighted by atomic mass is 127. The first-order valence-electron chi connectivity index (χ1n) is 12.6. The fourth-order valence-corrected chi connectivity index (χ4v) is 7.11. The number of nitrogens with zero attached hydrogens (tertiary/aromatic N) is 1. The number of anilines is 1. The van der Waals surface area contributed by atoms with Gasteiger partial charge in [-0.3, -0.25) is 9.10 Å². The zero-order chi connectivity index (χ0) is 31.2. The van der Waals surface area contributed by atoms with E-state index in [0.717, 1.165) is 12.6 Å². The first-order chi connectivity index (χ1) is 19.4. The Morgan fingerprint density at radius 2 is 1.62 bits per heavy atom. The highest BCUT2D eigenvalue weighted by molar-refractivity contribution is 14.1. The van der Waals surface area contributed by atoms with Gasteiger partial charge in [-0.25, -0.2) is 8.42 Å². The van der Waals surface area contributed by atoms with E-state index >= 15 is 0 Å². The van der Waals surface area contributed by atoms with Gasteiger partial charge in [0.15, 0.2) is 0 Å². The summed E-state index contributed by atoms with van der Waals surface area (Å²) < 4.78 is 79.2. The second-order valence-electron chi connectivity index (χ2n) is 10.4. The van der Waals surface area contributed by atoms with Crippen LogP contribution in [0.2, 0.25) is 0 Å². The largest absolute Gasteiger partial charge is 0.573 e. The molecule has 0 radical (unpaired) electrons. The van der Waals surface area contributed by atoms with Gasteiger partial charge in [-0.2, -0.15) is 0 Å². The van der Waals surface area contributed by atoms with Crippen molar-refractivity contribution in [2.45, 2.75) is 50.5 Å². The summed E-state index contributed by atoms with van der Waals surface area (Å²) in [5.41, 5.74) is 5.98. The van der Waals surface area contributed by atoms with Crippen LogP contribution in [0.5, 0.6) is 11.5 Å². The van der Waals surface area contributed by atoms with Gasteiger partial charge in [0.25, 0.3) is 15.9 Å². The summed E-state index contributed by atoms with van der Waals surface area (Å²) in [5, 5.41) is 0.577. The molecule has 0 aliphatic rings. The molecule has 0 unspecified atom stereocenters. The zero-order valence-electron chi connectivity index (χ0n) is 23.2. The van der Waals surface area contributed by atoms with Crippen molar-refractivity contribution in [1.82, 2.24) is 0 Å². The number of hydrogen-bond acceptors (Lipinski definition) is 6. The van der Waals surface area contributed by atoms with Crippen LogP contribution >= 0.6 is 33.9 Å². The number of primary amides is 1. The first kappa shape index (κ1) is 31.9. The maximum Gasteiger partial charge on any atom is 0.573 e. The predicted octanol–water partition coefficient (Wildman–Crippen LogP) is 7.44. The third-order valence-corrected chi connectivity index (χ3v) is 10.1. The monoisotopic (exact) mass is 732 g/mol. The molecular formula is C29H28F3IN2O5S2. The topological polar surface area (TPSA) is 98.9 Å². The van der Waals surface area contributed by atoms with Crippen LogP contribution in [0.1, 0.15) is 48.5 Å². The number of nitrogens with two attached hydrogens (primary N) is 1. The van der Waals surface area contributed by atoms with Gasteiger partial charge in [0.1, 0.15) is 11.5 Å². The van der Waals surface area contributed by atoms with Crippen LogP contribution in [0.25, 0.3) is 10.1 Å². The van der Waals surface area contributed by atoms with Crippen LogP contribution < -0.4 is 19.5 Å². The molecule has 0 spiro atoms. The maximum absolute atomic E-state index is 13.7. The van der Waals surface area contributed by atoms with Gasteiger partial charge >= 0.3 is 6.36 Å². The second-order valence-corrected chi connectivity index (χ2v) is 14.7. The van der Waals surface area contributed by atoms with E-state index in [4.69, 9.17) is 10.5 Å². The number of carbonyl (C=O) groups excluding carboxylic acids is 1. The lowest BCUT2D eigenvalue weighted by molar-refractivity contribution is -0.274. The number of rotatable bonds is 9. The Bertz CT molecular complexity index is 1770. The van der Waals surface area contributed by atoms with E-state index in [1.165, 1.54) is 42.6 Å². The Morgan fingerprint density at radius 1 is 0.976 bits per heavy atom. The first-order valence-corrected chi connectivity index (χ1v) is 15.9. The molecule has 0 atom stereocenters. The normalized spacial score (nSPS) is 12.5.